The average molecular weight is 313 g/mol. The molecule has 0 N–H and O–H groups in total. The minimum Gasteiger partial charge on any atom is -0.166 e. The van der Waals surface area contributed by atoms with E-state index in [-0.39, 0.29) is 0 Å². The molecule has 0 amide bonds. The summed E-state index contributed by atoms with van der Waals surface area (Å²) in [5.41, 5.74) is 0.943. The van der Waals surface area contributed by atoms with Gasteiger partial charge in [-0.05, 0) is 33.6 Å². The van der Waals surface area contributed by atoms with Gasteiger partial charge in [0.25, 0.3) is 0 Å². The Bertz CT molecular complexity index is 705. The van der Waals surface area contributed by atoms with E-state index < -0.39 is 19.8 Å². The average Bonchev–Trinajstić information content (AvgIpc) is 2.58. The van der Waals surface area contributed by atoms with Crippen molar-refractivity contribution in [3.63, 3.8) is 0 Å². The molecule has 104 valence electrons. The number of hydrogen-bond acceptors (Lipinski definition) is 0. The van der Waals surface area contributed by atoms with E-state index >= 15 is 0 Å². The van der Waals surface area contributed by atoms with Crippen LogP contribution in [0.4, 0.5) is 13.2 Å². The summed E-state index contributed by atoms with van der Waals surface area (Å²) in [5, 5.41) is 2.72. The number of rotatable bonds is 0. The lowest BCUT2D eigenvalue weighted by Crippen LogP contribution is -2.49. The van der Waals surface area contributed by atoms with Crippen LogP contribution in [0.2, 0.25) is 18.1 Å². The van der Waals surface area contributed by atoms with Gasteiger partial charge in [-0.25, -0.2) is 0 Å². The van der Waals surface area contributed by atoms with Gasteiger partial charge in [-0.15, -0.1) is 0 Å². The molecule has 0 saturated carbocycles. The Morgan fingerprint density at radius 1 is 1.00 bits per heavy atom. The normalized spacial score (nSPS) is 15.9. The second-order valence-corrected chi connectivity index (χ2v) is 10.2. The first-order valence-corrected chi connectivity index (χ1v) is 9.62. The summed E-state index contributed by atoms with van der Waals surface area (Å²) in [5.74, 6) is 0. The van der Waals surface area contributed by atoms with Crippen LogP contribution in [0.15, 0.2) is 36.4 Å². The van der Waals surface area contributed by atoms with E-state index in [0.29, 0.717) is 10.6 Å². The number of benzene rings is 2. The Morgan fingerprint density at radius 3 is 2.35 bits per heavy atom. The summed E-state index contributed by atoms with van der Waals surface area (Å²) in [6, 6.07) is 9.52. The first-order valence-electron chi connectivity index (χ1n) is 6.24. The molecule has 2 aromatic carbocycles. The van der Waals surface area contributed by atoms with E-state index in [0.717, 1.165) is 15.9 Å². The van der Waals surface area contributed by atoms with Crippen LogP contribution in [0.1, 0.15) is 5.56 Å². The van der Waals surface area contributed by atoms with Gasteiger partial charge < -0.3 is 0 Å². The van der Waals surface area contributed by atoms with Crippen LogP contribution in [0.3, 0.4) is 0 Å². The highest BCUT2D eigenvalue weighted by atomic mass is 35.5. The van der Waals surface area contributed by atoms with Crippen LogP contribution in [-0.2, 0) is 6.18 Å². The molecule has 5 heteroatoms. The molecule has 0 saturated heterocycles. The number of halogens is 4. The Hall–Kier alpha value is -1.26. The summed E-state index contributed by atoms with van der Waals surface area (Å²) in [6.07, 6.45) is -4.32. The predicted octanol–water partition coefficient (Wildman–Crippen LogP) is 4.16. The van der Waals surface area contributed by atoms with E-state index in [9.17, 15) is 13.2 Å². The molecule has 1 heterocycles. The molecule has 2 aromatic rings. The van der Waals surface area contributed by atoms with Gasteiger partial charge in [0.1, 0.15) is 8.07 Å². The van der Waals surface area contributed by atoms with Gasteiger partial charge in [-0.1, -0.05) is 49.0 Å². The largest absolute Gasteiger partial charge is 0.416 e. The van der Waals surface area contributed by atoms with Crippen LogP contribution >= 0.6 is 11.6 Å². The SMILES string of the molecule is C[Si]1(C)c2ccc(C(F)(F)F)cc2-c2cccc(Cl)c21. The van der Waals surface area contributed by atoms with Crippen molar-refractivity contribution in [2.75, 3.05) is 0 Å². The lowest BCUT2D eigenvalue weighted by atomic mass is 10.0. The molecule has 1 aliphatic rings. The summed E-state index contributed by atoms with van der Waals surface area (Å²) in [7, 11) is -2.01. The highest BCUT2D eigenvalue weighted by Crippen LogP contribution is 2.36. The quantitative estimate of drug-likeness (QED) is 0.641. The van der Waals surface area contributed by atoms with Crippen LogP contribution in [0.25, 0.3) is 11.1 Å². The maximum absolute atomic E-state index is 12.9. The van der Waals surface area contributed by atoms with Crippen molar-refractivity contribution in [2.24, 2.45) is 0 Å². The molecule has 0 fully saturated rings. The van der Waals surface area contributed by atoms with E-state index in [4.69, 9.17) is 11.6 Å². The number of fused-ring (bicyclic) bond motifs is 3. The third-order valence-electron chi connectivity index (χ3n) is 3.95. The van der Waals surface area contributed by atoms with Gasteiger partial charge in [0.15, 0.2) is 0 Å². The third-order valence-corrected chi connectivity index (χ3v) is 7.99. The topological polar surface area (TPSA) is 0 Å². The molecule has 20 heavy (non-hydrogen) atoms. The monoisotopic (exact) mass is 312 g/mol. The number of alkyl halides is 3. The van der Waals surface area contributed by atoms with E-state index in [1.54, 1.807) is 12.1 Å². The maximum atomic E-state index is 12.9. The van der Waals surface area contributed by atoms with Crippen molar-refractivity contribution >= 4 is 30.0 Å². The highest BCUT2D eigenvalue weighted by Gasteiger charge is 2.41. The van der Waals surface area contributed by atoms with E-state index in [1.807, 2.05) is 12.1 Å². The van der Waals surface area contributed by atoms with Crippen molar-refractivity contribution in [2.45, 2.75) is 19.3 Å². The summed E-state index contributed by atoms with van der Waals surface area (Å²) < 4.78 is 38.7. The molecule has 0 aromatic heterocycles. The number of hydrogen-bond donors (Lipinski definition) is 0. The van der Waals surface area contributed by atoms with Crippen molar-refractivity contribution in [3.05, 3.63) is 47.0 Å². The van der Waals surface area contributed by atoms with Gasteiger partial charge in [0.2, 0.25) is 0 Å². The highest BCUT2D eigenvalue weighted by molar-refractivity contribution is 7.04. The molecule has 0 unspecified atom stereocenters. The Balaban J connectivity index is 2.32. The van der Waals surface area contributed by atoms with Gasteiger partial charge in [-0.3, -0.25) is 0 Å². The van der Waals surface area contributed by atoms with Gasteiger partial charge in [0.05, 0.1) is 5.56 Å². The lowest BCUT2D eigenvalue weighted by molar-refractivity contribution is -0.137. The second-order valence-electron chi connectivity index (χ2n) is 5.55. The van der Waals surface area contributed by atoms with Crippen LogP contribution in [0.5, 0.6) is 0 Å². The summed E-state index contributed by atoms with van der Waals surface area (Å²) >= 11 is 6.29. The van der Waals surface area contributed by atoms with Crippen molar-refractivity contribution in [3.8, 4) is 11.1 Å². The molecule has 0 spiro atoms. The minimum absolute atomic E-state index is 0.603. The first-order chi connectivity index (χ1) is 9.23. The zero-order chi connectivity index (χ0) is 14.7. The van der Waals surface area contributed by atoms with E-state index in [2.05, 4.69) is 13.1 Å². The standard InChI is InChI=1S/C15H12ClF3Si/c1-20(2)13-7-6-9(15(17,18)19)8-11(13)10-4-3-5-12(16)14(10)20/h3-8H,1-2H3. The lowest BCUT2D eigenvalue weighted by Gasteiger charge is -2.20. The predicted molar refractivity (Wildman–Crippen MR) is 78.6 cm³/mol. The zero-order valence-corrected chi connectivity index (χ0v) is 12.7. The van der Waals surface area contributed by atoms with Crippen LogP contribution in [0, 0.1) is 0 Å². The molecule has 0 atom stereocenters. The second kappa shape index (κ2) is 4.12. The van der Waals surface area contributed by atoms with Crippen molar-refractivity contribution in [1.82, 2.24) is 0 Å². The van der Waals surface area contributed by atoms with Gasteiger partial charge in [-0.2, -0.15) is 13.2 Å². The Morgan fingerprint density at radius 2 is 1.70 bits per heavy atom. The molecular weight excluding hydrogens is 301 g/mol. The minimum atomic E-state index is -4.32. The molecule has 0 bridgehead atoms. The van der Waals surface area contributed by atoms with Crippen molar-refractivity contribution in [1.29, 1.82) is 0 Å². The fraction of sp³-hybridized carbons (Fsp3) is 0.200. The maximum Gasteiger partial charge on any atom is 0.416 e. The Labute approximate surface area is 121 Å². The van der Waals surface area contributed by atoms with E-state index in [1.165, 1.54) is 12.1 Å². The molecule has 1 aliphatic heterocycles. The fourth-order valence-corrected chi connectivity index (χ4v) is 7.11. The van der Waals surface area contributed by atoms with Crippen LogP contribution in [-0.4, -0.2) is 8.07 Å². The molecular formula is C15H12ClF3Si. The Kier molecular flexibility index (Phi) is 2.82. The molecule has 3 rings (SSSR count). The zero-order valence-electron chi connectivity index (χ0n) is 11.0. The van der Waals surface area contributed by atoms with Crippen molar-refractivity contribution < 1.29 is 13.2 Å². The molecule has 0 aliphatic carbocycles. The van der Waals surface area contributed by atoms with Gasteiger partial charge in [0, 0.05) is 5.02 Å². The first kappa shape index (κ1) is 13.7. The molecule has 0 nitrogen and oxygen atoms in total. The summed E-state index contributed by atoms with van der Waals surface area (Å²) in [6.45, 7) is 4.24. The smallest absolute Gasteiger partial charge is 0.166 e. The van der Waals surface area contributed by atoms with Crippen LogP contribution < -0.4 is 10.4 Å². The third kappa shape index (κ3) is 1.82. The molecule has 0 radical (unpaired) electrons. The van der Waals surface area contributed by atoms with Gasteiger partial charge >= 0.3 is 6.18 Å². The summed E-state index contributed by atoms with van der Waals surface area (Å²) in [4.78, 5) is 0. The fourth-order valence-electron chi connectivity index (χ4n) is 3.01.